The first-order valence-corrected chi connectivity index (χ1v) is 5.77. The molecule has 0 aliphatic rings. The fraction of sp³-hybridized carbons (Fsp3) is 0.167. The lowest BCUT2D eigenvalue weighted by atomic mass is 10.1. The minimum Gasteiger partial charge on any atom is -0.352 e. The van der Waals surface area contributed by atoms with Gasteiger partial charge in [0.2, 0.25) is 0 Å². The van der Waals surface area contributed by atoms with Gasteiger partial charge in [-0.1, -0.05) is 0 Å². The van der Waals surface area contributed by atoms with Crippen LogP contribution in [0, 0.1) is 15.9 Å². The van der Waals surface area contributed by atoms with Gasteiger partial charge in [-0.3, -0.25) is 14.9 Å². The van der Waals surface area contributed by atoms with E-state index in [4.69, 9.17) is 0 Å². The number of imidazole rings is 1. The molecular formula is C12H11FN4O3. The van der Waals surface area contributed by atoms with E-state index in [9.17, 15) is 19.3 Å². The molecule has 0 aliphatic heterocycles. The maximum absolute atomic E-state index is 13.6. The van der Waals surface area contributed by atoms with Crippen LogP contribution < -0.4 is 5.32 Å². The molecule has 0 atom stereocenters. The lowest BCUT2D eigenvalue weighted by Gasteiger charge is -2.05. The molecule has 2 aromatic rings. The van der Waals surface area contributed by atoms with Gasteiger partial charge in [0.15, 0.2) is 0 Å². The molecule has 2 N–H and O–H groups in total. The van der Waals surface area contributed by atoms with Crippen molar-refractivity contribution >= 4 is 11.6 Å². The standard InChI is InChI=1S/C12H11FN4O3/c13-11-5-9(17(19)20)1-2-10(11)12(18)15-4-3-8-6-14-7-16-8/h1-2,5-7H,3-4H2,(H,14,16)(H,15,18). The highest BCUT2D eigenvalue weighted by Gasteiger charge is 2.15. The summed E-state index contributed by atoms with van der Waals surface area (Å²) in [6.45, 7) is 0.303. The number of aromatic nitrogens is 2. The van der Waals surface area contributed by atoms with Gasteiger partial charge in [0.1, 0.15) is 5.82 Å². The summed E-state index contributed by atoms with van der Waals surface area (Å²) >= 11 is 0. The molecule has 1 aromatic heterocycles. The van der Waals surface area contributed by atoms with Crippen molar-refractivity contribution in [1.29, 1.82) is 0 Å². The number of nitrogens with zero attached hydrogens (tertiary/aromatic N) is 2. The molecule has 0 unspecified atom stereocenters. The number of hydrogen-bond acceptors (Lipinski definition) is 4. The zero-order valence-corrected chi connectivity index (χ0v) is 10.3. The van der Waals surface area contributed by atoms with Crippen molar-refractivity contribution < 1.29 is 14.1 Å². The number of aromatic amines is 1. The minimum absolute atomic E-state index is 0.222. The molecule has 0 aliphatic carbocycles. The van der Waals surface area contributed by atoms with Gasteiger partial charge in [-0.2, -0.15) is 0 Å². The Morgan fingerprint density at radius 2 is 2.30 bits per heavy atom. The average molecular weight is 278 g/mol. The summed E-state index contributed by atoms with van der Waals surface area (Å²) in [7, 11) is 0. The van der Waals surface area contributed by atoms with Crippen LogP contribution in [0.5, 0.6) is 0 Å². The van der Waals surface area contributed by atoms with Crippen molar-refractivity contribution in [3.05, 3.63) is 57.9 Å². The van der Waals surface area contributed by atoms with Gasteiger partial charge in [-0.25, -0.2) is 9.37 Å². The summed E-state index contributed by atoms with van der Waals surface area (Å²) in [5.74, 6) is -1.53. The van der Waals surface area contributed by atoms with Gasteiger partial charge in [-0.05, 0) is 6.07 Å². The number of nitrogens with one attached hydrogen (secondary N) is 2. The molecule has 104 valence electrons. The monoisotopic (exact) mass is 278 g/mol. The molecule has 0 fully saturated rings. The predicted octanol–water partition coefficient (Wildman–Crippen LogP) is 1.43. The van der Waals surface area contributed by atoms with Crippen LogP contribution in [0.4, 0.5) is 10.1 Å². The van der Waals surface area contributed by atoms with Crippen LogP contribution in [0.25, 0.3) is 0 Å². The Morgan fingerprint density at radius 3 is 2.90 bits per heavy atom. The molecule has 0 radical (unpaired) electrons. The van der Waals surface area contributed by atoms with Gasteiger partial charge >= 0.3 is 0 Å². The van der Waals surface area contributed by atoms with Crippen molar-refractivity contribution in [2.45, 2.75) is 6.42 Å². The molecule has 7 nitrogen and oxygen atoms in total. The zero-order valence-electron chi connectivity index (χ0n) is 10.3. The number of halogens is 1. The van der Waals surface area contributed by atoms with Crippen molar-refractivity contribution in [3.8, 4) is 0 Å². The normalized spacial score (nSPS) is 10.2. The smallest absolute Gasteiger partial charge is 0.272 e. The number of nitro benzene ring substituents is 1. The highest BCUT2D eigenvalue weighted by atomic mass is 19.1. The summed E-state index contributed by atoms with van der Waals surface area (Å²) in [6, 6.07) is 2.91. The number of benzene rings is 1. The molecular weight excluding hydrogens is 267 g/mol. The second-order valence-corrected chi connectivity index (χ2v) is 4.00. The van der Waals surface area contributed by atoms with Crippen molar-refractivity contribution in [2.24, 2.45) is 0 Å². The number of carbonyl (C=O) groups is 1. The van der Waals surface area contributed by atoms with Crippen molar-refractivity contribution in [3.63, 3.8) is 0 Å². The topological polar surface area (TPSA) is 101 Å². The molecule has 8 heteroatoms. The maximum Gasteiger partial charge on any atom is 0.272 e. The van der Waals surface area contributed by atoms with E-state index in [0.29, 0.717) is 13.0 Å². The number of H-pyrrole nitrogens is 1. The molecule has 0 bridgehead atoms. The highest BCUT2D eigenvalue weighted by molar-refractivity contribution is 5.94. The Balaban J connectivity index is 1.97. The summed E-state index contributed by atoms with van der Waals surface area (Å²) in [4.78, 5) is 28.2. The first kappa shape index (κ1) is 13.7. The number of amides is 1. The second-order valence-electron chi connectivity index (χ2n) is 4.00. The van der Waals surface area contributed by atoms with Gasteiger partial charge in [0, 0.05) is 30.9 Å². The third-order valence-electron chi connectivity index (χ3n) is 2.64. The summed E-state index contributed by atoms with van der Waals surface area (Å²) < 4.78 is 13.6. The van der Waals surface area contributed by atoms with Crippen LogP contribution in [0.3, 0.4) is 0 Å². The highest BCUT2D eigenvalue weighted by Crippen LogP contribution is 2.16. The number of rotatable bonds is 5. The summed E-state index contributed by atoms with van der Waals surface area (Å²) in [5, 5.41) is 13.0. The first-order chi connectivity index (χ1) is 9.58. The van der Waals surface area contributed by atoms with E-state index in [0.717, 1.165) is 23.9 Å². The van der Waals surface area contributed by atoms with E-state index in [-0.39, 0.29) is 5.56 Å². The molecule has 0 saturated carbocycles. The van der Waals surface area contributed by atoms with Crippen LogP contribution in [0.15, 0.2) is 30.7 Å². The SMILES string of the molecule is O=C(NCCc1cnc[nH]1)c1ccc([N+](=O)[O-])cc1F. The largest absolute Gasteiger partial charge is 0.352 e. The van der Waals surface area contributed by atoms with E-state index in [2.05, 4.69) is 15.3 Å². The fourth-order valence-electron chi connectivity index (χ4n) is 1.63. The van der Waals surface area contributed by atoms with Gasteiger partial charge in [0.25, 0.3) is 11.6 Å². The third-order valence-corrected chi connectivity index (χ3v) is 2.64. The van der Waals surface area contributed by atoms with Crippen molar-refractivity contribution in [2.75, 3.05) is 6.54 Å². The van der Waals surface area contributed by atoms with E-state index < -0.39 is 22.3 Å². The minimum atomic E-state index is -0.918. The Labute approximate surface area is 113 Å². The van der Waals surface area contributed by atoms with Crippen molar-refractivity contribution in [1.82, 2.24) is 15.3 Å². The van der Waals surface area contributed by atoms with E-state index in [1.807, 2.05) is 0 Å². The van der Waals surface area contributed by atoms with Gasteiger partial charge < -0.3 is 10.3 Å². The van der Waals surface area contributed by atoms with E-state index in [1.54, 1.807) is 6.20 Å². The quantitative estimate of drug-likeness (QED) is 0.638. The molecule has 0 saturated heterocycles. The van der Waals surface area contributed by atoms with Crippen LogP contribution in [0.1, 0.15) is 16.1 Å². The van der Waals surface area contributed by atoms with Crippen LogP contribution >= 0.6 is 0 Å². The molecule has 2 rings (SSSR count). The molecule has 0 spiro atoms. The lowest BCUT2D eigenvalue weighted by molar-refractivity contribution is -0.385. The Hall–Kier alpha value is -2.77. The van der Waals surface area contributed by atoms with Crippen LogP contribution in [0.2, 0.25) is 0 Å². The number of hydrogen-bond donors (Lipinski definition) is 2. The zero-order chi connectivity index (χ0) is 14.5. The van der Waals surface area contributed by atoms with Crippen LogP contribution in [-0.4, -0.2) is 27.3 Å². The number of carbonyl (C=O) groups excluding carboxylic acids is 1. The summed E-state index contributed by atoms with van der Waals surface area (Å²) in [6.07, 6.45) is 3.67. The first-order valence-electron chi connectivity index (χ1n) is 5.77. The third kappa shape index (κ3) is 3.16. The van der Waals surface area contributed by atoms with E-state index >= 15 is 0 Å². The summed E-state index contributed by atoms with van der Waals surface area (Å²) in [5.41, 5.74) is 0.228. The second kappa shape index (κ2) is 5.91. The maximum atomic E-state index is 13.6. The predicted molar refractivity (Wildman–Crippen MR) is 67.7 cm³/mol. The van der Waals surface area contributed by atoms with Crippen LogP contribution in [-0.2, 0) is 6.42 Å². The average Bonchev–Trinajstić information content (AvgIpc) is 2.91. The molecule has 20 heavy (non-hydrogen) atoms. The number of non-ortho nitro benzene ring substituents is 1. The number of nitro groups is 1. The Kier molecular flexibility index (Phi) is 4.04. The van der Waals surface area contributed by atoms with E-state index in [1.165, 1.54) is 6.33 Å². The molecule has 1 amide bonds. The molecule has 1 heterocycles. The Morgan fingerprint density at radius 1 is 1.50 bits per heavy atom. The van der Waals surface area contributed by atoms with Gasteiger partial charge in [-0.15, -0.1) is 0 Å². The fourth-order valence-corrected chi connectivity index (χ4v) is 1.63. The Bertz CT molecular complexity index is 628. The van der Waals surface area contributed by atoms with Gasteiger partial charge in [0.05, 0.1) is 22.9 Å². The molecule has 1 aromatic carbocycles. The lowest BCUT2D eigenvalue weighted by Crippen LogP contribution is -2.26.